The van der Waals surface area contributed by atoms with Crippen molar-refractivity contribution < 1.29 is 27.6 Å². The first-order valence-corrected chi connectivity index (χ1v) is 12.5. The van der Waals surface area contributed by atoms with Crippen LogP contribution in [0.5, 0.6) is 5.75 Å². The van der Waals surface area contributed by atoms with E-state index in [1.54, 1.807) is 6.07 Å². The summed E-state index contributed by atoms with van der Waals surface area (Å²) >= 11 is 0. The fourth-order valence-electron chi connectivity index (χ4n) is 4.73. The number of anilines is 2. The monoisotopic (exact) mass is 537 g/mol. The van der Waals surface area contributed by atoms with Gasteiger partial charge in [0.15, 0.2) is 0 Å². The predicted octanol–water partition coefficient (Wildman–Crippen LogP) is 3.73. The quantitative estimate of drug-likeness (QED) is 0.263. The molecule has 1 aliphatic carbocycles. The Labute approximate surface area is 217 Å². The molecule has 0 unspecified atom stereocenters. The van der Waals surface area contributed by atoms with Crippen LogP contribution in [0, 0.1) is 16.0 Å². The van der Waals surface area contributed by atoms with Gasteiger partial charge in [-0.2, -0.15) is 4.98 Å². The van der Waals surface area contributed by atoms with Crippen molar-refractivity contribution in [3.63, 3.8) is 0 Å². The number of aromatic nitrogens is 2. The van der Waals surface area contributed by atoms with Gasteiger partial charge in [-0.1, -0.05) is 18.2 Å². The number of carbonyl (C=O) groups is 1. The van der Waals surface area contributed by atoms with Gasteiger partial charge in [-0.3, -0.25) is 14.9 Å². The number of rotatable bonds is 10. The summed E-state index contributed by atoms with van der Waals surface area (Å²) in [6, 6.07) is 5.65. The molecule has 11 nitrogen and oxygen atoms in total. The maximum Gasteiger partial charge on any atom is 0.573 e. The molecule has 2 fully saturated rings. The molecule has 2 aliphatic rings. The normalized spacial score (nSPS) is 21.5. The van der Waals surface area contributed by atoms with E-state index in [2.05, 4.69) is 36.0 Å². The molecule has 1 aromatic heterocycles. The SMILES string of the molecule is O=C(N[C@H]1CC[C@H](CNc2nc(NCc3ccccc3OC(F)(F)F)ncc2[N+](=O)[O-])CC1)[C@H]1CCCN1. The average molecular weight is 538 g/mol. The highest BCUT2D eigenvalue weighted by atomic mass is 19.4. The summed E-state index contributed by atoms with van der Waals surface area (Å²) in [6.45, 7) is 1.22. The number of amides is 1. The number of carbonyl (C=O) groups excluding carboxylic acids is 1. The van der Waals surface area contributed by atoms with E-state index in [1.165, 1.54) is 18.2 Å². The third-order valence-corrected chi connectivity index (χ3v) is 6.73. The molecule has 4 rings (SSSR count). The van der Waals surface area contributed by atoms with Crippen LogP contribution < -0.4 is 26.0 Å². The second kappa shape index (κ2) is 12.2. The molecule has 2 heterocycles. The Bertz CT molecular complexity index is 1120. The van der Waals surface area contributed by atoms with Gasteiger partial charge in [0.2, 0.25) is 17.7 Å². The van der Waals surface area contributed by atoms with Crippen LogP contribution >= 0.6 is 0 Å². The number of benzene rings is 1. The van der Waals surface area contributed by atoms with Crippen molar-refractivity contribution in [1.82, 2.24) is 20.6 Å². The molecule has 2 aromatic rings. The summed E-state index contributed by atoms with van der Waals surface area (Å²) in [5.41, 5.74) is -0.0878. The lowest BCUT2D eigenvalue weighted by Gasteiger charge is -2.30. The highest BCUT2D eigenvalue weighted by molar-refractivity contribution is 5.82. The molecule has 0 spiro atoms. The maximum atomic E-state index is 12.7. The summed E-state index contributed by atoms with van der Waals surface area (Å²) in [5, 5.41) is 23.7. The van der Waals surface area contributed by atoms with Gasteiger partial charge in [-0.15, -0.1) is 13.2 Å². The van der Waals surface area contributed by atoms with Crippen LogP contribution in [0.1, 0.15) is 44.1 Å². The number of halogens is 3. The number of hydrogen-bond donors (Lipinski definition) is 4. The smallest absolute Gasteiger partial charge is 0.405 e. The zero-order chi connectivity index (χ0) is 27.1. The molecule has 1 saturated heterocycles. The Balaban J connectivity index is 1.31. The molecular formula is C24H30F3N7O4. The van der Waals surface area contributed by atoms with E-state index in [-0.39, 0.29) is 59.2 Å². The first kappa shape index (κ1) is 27.4. The second-order valence-corrected chi connectivity index (χ2v) is 9.45. The fraction of sp³-hybridized carbons (Fsp3) is 0.542. The number of alkyl halides is 3. The summed E-state index contributed by atoms with van der Waals surface area (Å²) in [4.78, 5) is 31.4. The summed E-state index contributed by atoms with van der Waals surface area (Å²) in [7, 11) is 0. The van der Waals surface area contributed by atoms with Gasteiger partial charge in [-0.05, 0) is 57.1 Å². The standard InChI is InChI=1S/C24H30F3N7O4/c25-24(26,27)38-20-6-2-1-4-16(20)13-30-23-31-14-19(34(36)37)21(33-23)29-12-15-7-9-17(10-8-15)32-22(35)18-5-3-11-28-18/h1-2,4,6,14-15,17-18,28H,3,5,7-13H2,(H,32,35)(H2,29,30,31,33)/t15-,17-,18-/m1/s1. The predicted molar refractivity (Wildman–Crippen MR) is 133 cm³/mol. The van der Waals surface area contributed by atoms with E-state index in [4.69, 9.17) is 0 Å². The van der Waals surface area contributed by atoms with Crippen molar-refractivity contribution >= 4 is 23.4 Å². The summed E-state index contributed by atoms with van der Waals surface area (Å²) < 4.78 is 42.1. The molecule has 14 heteroatoms. The van der Waals surface area contributed by atoms with Crippen LogP contribution in [0.4, 0.5) is 30.6 Å². The van der Waals surface area contributed by atoms with E-state index in [9.17, 15) is 28.1 Å². The van der Waals surface area contributed by atoms with Gasteiger partial charge in [0.25, 0.3) is 0 Å². The topological polar surface area (TPSA) is 143 Å². The number of nitrogens with zero attached hydrogens (tertiary/aromatic N) is 3. The van der Waals surface area contributed by atoms with Gasteiger partial charge in [-0.25, -0.2) is 4.98 Å². The molecule has 4 N–H and O–H groups in total. The number of nitrogens with one attached hydrogen (secondary N) is 4. The molecular weight excluding hydrogens is 507 g/mol. The van der Waals surface area contributed by atoms with Gasteiger partial charge in [0.1, 0.15) is 11.9 Å². The highest BCUT2D eigenvalue weighted by Crippen LogP contribution is 2.29. The van der Waals surface area contributed by atoms with Crippen molar-refractivity contribution in [2.24, 2.45) is 5.92 Å². The number of nitro groups is 1. The largest absolute Gasteiger partial charge is 0.573 e. The molecule has 1 amide bonds. The Kier molecular flexibility index (Phi) is 8.81. The highest BCUT2D eigenvalue weighted by Gasteiger charge is 2.32. The number of ether oxygens (including phenoxy) is 1. The molecule has 1 aliphatic heterocycles. The Morgan fingerprint density at radius 3 is 2.61 bits per heavy atom. The van der Waals surface area contributed by atoms with Crippen molar-refractivity contribution in [3.05, 3.63) is 46.1 Å². The summed E-state index contributed by atoms with van der Waals surface area (Å²) in [5.74, 6) is -0.0283. The Morgan fingerprint density at radius 2 is 1.92 bits per heavy atom. The molecule has 0 bridgehead atoms. The number of hydrogen-bond acceptors (Lipinski definition) is 9. The third kappa shape index (κ3) is 7.66. The summed E-state index contributed by atoms with van der Waals surface area (Å²) in [6.07, 6.45) is 1.40. The first-order valence-electron chi connectivity index (χ1n) is 12.5. The molecule has 206 valence electrons. The lowest BCUT2D eigenvalue weighted by molar-refractivity contribution is -0.384. The van der Waals surface area contributed by atoms with E-state index in [0.717, 1.165) is 51.3 Å². The zero-order valence-electron chi connectivity index (χ0n) is 20.6. The molecule has 0 radical (unpaired) electrons. The lowest BCUT2D eigenvalue weighted by Crippen LogP contribution is -2.46. The van der Waals surface area contributed by atoms with Crippen LogP contribution in [-0.2, 0) is 11.3 Å². The van der Waals surface area contributed by atoms with Crippen LogP contribution in [-0.4, -0.2) is 52.3 Å². The minimum atomic E-state index is -4.84. The fourth-order valence-corrected chi connectivity index (χ4v) is 4.73. The average Bonchev–Trinajstić information content (AvgIpc) is 3.42. The van der Waals surface area contributed by atoms with Crippen LogP contribution in [0.2, 0.25) is 0 Å². The van der Waals surface area contributed by atoms with Gasteiger partial charge in [0, 0.05) is 24.7 Å². The Morgan fingerprint density at radius 1 is 1.16 bits per heavy atom. The van der Waals surface area contributed by atoms with E-state index in [0.29, 0.717) is 6.54 Å². The minimum absolute atomic E-state index is 0.0202. The molecule has 1 atom stereocenters. The zero-order valence-corrected chi connectivity index (χ0v) is 20.6. The van der Waals surface area contributed by atoms with Crippen LogP contribution in [0.15, 0.2) is 30.5 Å². The van der Waals surface area contributed by atoms with E-state index in [1.807, 2.05) is 0 Å². The maximum absolute atomic E-state index is 12.7. The lowest BCUT2D eigenvalue weighted by atomic mass is 9.86. The first-order chi connectivity index (χ1) is 18.2. The van der Waals surface area contributed by atoms with Crippen molar-refractivity contribution in [1.29, 1.82) is 0 Å². The minimum Gasteiger partial charge on any atom is -0.405 e. The second-order valence-electron chi connectivity index (χ2n) is 9.45. The van der Waals surface area contributed by atoms with Gasteiger partial charge >= 0.3 is 12.0 Å². The van der Waals surface area contributed by atoms with Gasteiger partial charge in [0.05, 0.1) is 11.0 Å². The van der Waals surface area contributed by atoms with E-state index >= 15 is 0 Å². The third-order valence-electron chi connectivity index (χ3n) is 6.73. The van der Waals surface area contributed by atoms with Crippen molar-refractivity contribution in [2.75, 3.05) is 23.7 Å². The van der Waals surface area contributed by atoms with E-state index < -0.39 is 11.3 Å². The van der Waals surface area contributed by atoms with Crippen molar-refractivity contribution in [3.8, 4) is 5.75 Å². The number of para-hydroxylation sites is 1. The van der Waals surface area contributed by atoms with Crippen molar-refractivity contribution in [2.45, 2.75) is 63.5 Å². The Hall–Kier alpha value is -3.68. The van der Waals surface area contributed by atoms with Crippen LogP contribution in [0.3, 0.4) is 0 Å². The molecule has 1 aromatic carbocycles. The van der Waals surface area contributed by atoms with Crippen LogP contribution in [0.25, 0.3) is 0 Å². The molecule has 1 saturated carbocycles. The molecule has 38 heavy (non-hydrogen) atoms. The van der Waals surface area contributed by atoms with Gasteiger partial charge < -0.3 is 26.0 Å².